The molecule has 0 amide bonds. The molecule has 0 spiro atoms. The third kappa shape index (κ3) is 2.76. The van der Waals surface area contributed by atoms with Crippen molar-refractivity contribution in [2.45, 2.75) is 5.21 Å². The van der Waals surface area contributed by atoms with Crippen molar-refractivity contribution >= 4 is 36.9 Å². The van der Waals surface area contributed by atoms with E-state index in [4.69, 9.17) is 4.98 Å². The van der Waals surface area contributed by atoms with Crippen LogP contribution in [0.4, 0.5) is 0 Å². The first kappa shape index (κ1) is 16.3. The number of phenolic OH excluding ortho intramolecular Hbond substituents is 1. The van der Waals surface area contributed by atoms with Crippen molar-refractivity contribution in [2.24, 2.45) is 0 Å². The summed E-state index contributed by atoms with van der Waals surface area (Å²) in [7, 11) is 4.12. The molecule has 1 aliphatic rings. The maximum absolute atomic E-state index is 13.0. The fraction of sp³-hybridized carbons (Fsp3) is 0.200. The molecule has 4 rings (SSSR count). The number of phenols is 1. The van der Waals surface area contributed by atoms with E-state index in [1.807, 2.05) is 30.3 Å². The Morgan fingerprint density at radius 3 is 2.60 bits per heavy atom. The predicted molar refractivity (Wildman–Crippen MR) is 102 cm³/mol. The topological polar surface area (TPSA) is 53.4 Å². The molecule has 1 N–H and O–H groups in total. The molecule has 2 aromatic carbocycles. The minimum atomic E-state index is -0.536. The fourth-order valence-electron chi connectivity index (χ4n) is 3.31. The van der Waals surface area contributed by atoms with Gasteiger partial charge in [-0.3, -0.25) is 0 Å². The number of carbonyl (C=O) groups is 1. The van der Waals surface area contributed by atoms with E-state index in [1.54, 1.807) is 12.1 Å². The van der Waals surface area contributed by atoms with E-state index >= 15 is 0 Å². The van der Waals surface area contributed by atoms with Gasteiger partial charge in [-0.05, 0) is 0 Å². The summed E-state index contributed by atoms with van der Waals surface area (Å²) in [5, 5.41) is 11.9. The monoisotopic (exact) mass is 394 g/mol. The average molecular weight is 394 g/mol. The number of hydrogen-bond donors (Lipinski definition) is 1. The molecule has 1 atom stereocenters. The molecule has 126 valence electrons. The molecule has 4 nitrogen and oxygen atoms in total. The van der Waals surface area contributed by atoms with Crippen molar-refractivity contribution in [3.8, 4) is 16.9 Å². The minimum absolute atomic E-state index is 0.0941. The molecule has 1 unspecified atom stereocenters. The Balaban J connectivity index is 1.94. The summed E-state index contributed by atoms with van der Waals surface area (Å²) in [6.45, 7) is 0.996. The van der Waals surface area contributed by atoms with E-state index in [9.17, 15) is 9.90 Å². The molecular formula is C20H19AsN2O2. The molecule has 1 aromatic heterocycles. The number of aromatic hydroxyl groups is 1. The van der Waals surface area contributed by atoms with E-state index in [0.29, 0.717) is 0 Å². The van der Waals surface area contributed by atoms with Gasteiger partial charge in [0.2, 0.25) is 0 Å². The number of benzene rings is 2. The number of pyridine rings is 1. The van der Waals surface area contributed by atoms with Gasteiger partial charge in [0.15, 0.2) is 0 Å². The quantitative estimate of drug-likeness (QED) is 0.540. The van der Waals surface area contributed by atoms with Crippen LogP contribution in [0.15, 0.2) is 42.5 Å². The zero-order valence-corrected chi connectivity index (χ0v) is 16.3. The first-order valence-corrected chi connectivity index (χ1v) is 10.8. The van der Waals surface area contributed by atoms with Crippen molar-refractivity contribution in [1.82, 2.24) is 9.88 Å². The van der Waals surface area contributed by atoms with E-state index in [0.717, 1.165) is 49.4 Å². The van der Waals surface area contributed by atoms with Crippen LogP contribution in [0.3, 0.4) is 0 Å². The molecule has 0 fully saturated rings. The zero-order valence-electron chi connectivity index (χ0n) is 14.2. The number of hydrogen-bond acceptors (Lipinski definition) is 4. The second-order valence-electron chi connectivity index (χ2n) is 6.52. The van der Waals surface area contributed by atoms with Gasteiger partial charge in [0.25, 0.3) is 0 Å². The molecule has 1 aliphatic carbocycles. The van der Waals surface area contributed by atoms with Gasteiger partial charge in [0.05, 0.1) is 0 Å². The molecule has 25 heavy (non-hydrogen) atoms. The standard InChI is InChI=1S/C20H19AsN2O2/c1-23(2)10-9-21-20-18-17(13-5-3-4-6-14(13)19(18)25)15-8-7-12(24)11-16(15)22-20/h3-8,11,21,24H,9-10H2,1-2H3. The van der Waals surface area contributed by atoms with Crippen LogP contribution >= 0.6 is 0 Å². The predicted octanol–water partition coefficient (Wildman–Crippen LogP) is 2.19. The van der Waals surface area contributed by atoms with E-state index < -0.39 is 15.8 Å². The Labute approximate surface area is 153 Å². The molecular weight excluding hydrogens is 375 g/mol. The van der Waals surface area contributed by atoms with Crippen LogP contribution in [-0.4, -0.2) is 57.2 Å². The van der Waals surface area contributed by atoms with Crippen molar-refractivity contribution < 1.29 is 9.90 Å². The summed E-state index contributed by atoms with van der Waals surface area (Å²) in [6, 6.07) is 13.0. The molecule has 0 saturated heterocycles. The van der Waals surface area contributed by atoms with Crippen LogP contribution < -0.4 is 4.48 Å². The van der Waals surface area contributed by atoms with Crippen LogP contribution in [0.1, 0.15) is 15.9 Å². The summed E-state index contributed by atoms with van der Waals surface area (Å²) in [5.41, 5.74) is 4.31. The SMILES string of the molecule is CN(C)CC[AsH]c1nc2cc(O)ccc2c2c1C(=O)c1ccccc1-2. The molecule has 5 heteroatoms. The van der Waals surface area contributed by atoms with Crippen molar-refractivity contribution in [3.63, 3.8) is 0 Å². The van der Waals surface area contributed by atoms with Gasteiger partial charge < -0.3 is 0 Å². The molecule has 0 bridgehead atoms. The van der Waals surface area contributed by atoms with Gasteiger partial charge in [0.1, 0.15) is 0 Å². The molecule has 1 heterocycles. The number of fused-ring (bicyclic) bond motifs is 5. The summed E-state index contributed by atoms with van der Waals surface area (Å²) in [5.74, 6) is 0.300. The average Bonchev–Trinajstić information content (AvgIpc) is 2.88. The van der Waals surface area contributed by atoms with E-state index in [2.05, 4.69) is 19.0 Å². The second-order valence-corrected chi connectivity index (χ2v) is 9.30. The Hall–Kier alpha value is -2.16. The number of nitrogens with zero attached hydrogens (tertiary/aromatic N) is 2. The van der Waals surface area contributed by atoms with Crippen LogP contribution in [0.2, 0.25) is 5.21 Å². The summed E-state index contributed by atoms with van der Waals surface area (Å²) in [6.07, 6.45) is 0. The Kier molecular flexibility index (Phi) is 4.10. The van der Waals surface area contributed by atoms with Gasteiger partial charge in [0, 0.05) is 0 Å². The molecule has 0 saturated carbocycles. The fourth-order valence-corrected chi connectivity index (χ4v) is 6.27. The summed E-state index contributed by atoms with van der Waals surface area (Å²) >= 11 is -0.536. The Morgan fingerprint density at radius 1 is 1.08 bits per heavy atom. The number of aromatic nitrogens is 1. The van der Waals surface area contributed by atoms with E-state index in [1.165, 1.54) is 0 Å². The first-order chi connectivity index (χ1) is 12.1. The Bertz CT molecular complexity index is 998. The van der Waals surface area contributed by atoms with Gasteiger partial charge in [-0.1, -0.05) is 0 Å². The second kappa shape index (κ2) is 6.29. The van der Waals surface area contributed by atoms with Crippen molar-refractivity contribution in [2.75, 3.05) is 20.6 Å². The number of carbonyl (C=O) groups excluding carboxylic acids is 1. The maximum atomic E-state index is 13.0. The van der Waals surface area contributed by atoms with Gasteiger partial charge in [-0.15, -0.1) is 0 Å². The summed E-state index contributed by atoms with van der Waals surface area (Å²) < 4.78 is 0.955. The zero-order chi connectivity index (χ0) is 17.6. The Morgan fingerprint density at radius 2 is 1.84 bits per heavy atom. The van der Waals surface area contributed by atoms with Crippen LogP contribution in [0.5, 0.6) is 5.75 Å². The van der Waals surface area contributed by atoms with Crippen molar-refractivity contribution in [1.29, 1.82) is 0 Å². The first-order valence-electron chi connectivity index (χ1n) is 8.25. The van der Waals surface area contributed by atoms with Gasteiger partial charge >= 0.3 is 153 Å². The number of ketones is 1. The molecule has 0 radical (unpaired) electrons. The van der Waals surface area contributed by atoms with Crippen molar-refractivity contribution in [3.05, 3.63) is 53.6 Å². The van der Waals surface area contributed by atoms with Gasteiger partial charge in [-0.2, -0.15) is 0 Å². The normalized spacial score (nSPS) is 13.2. The van der Waals surface area contributed by atoms with Gasteiger partial charge in [-0.25, -0.2) is 0 Å². The van der Waals surface area contributed by atoms with Crippen LogP contribution in [-0.2, 0) is 0 Å². The van der Waals surface area contributed by atoms with Crippen LogP contribution in [0, 0.1) is 0 Å². The summed E-state index contributed by atoms with van der Waals surface area (Å²) in [4.78, 5) is 20.0. The third-order valence-electron chi connectivity index (χ3n) is 4.49. The molecule has 3 aromatic rings. The molecule has 0 aliphatic heterocycles. The number of rotatable bonds is 4. The van der Waals surface area contributed by atoms with Crippen LogP contribution in [0.25, 0.3) is 22.0 Å². The van der Waals surface area contributed by atoms with E-state index in [-0.39, 0.29) is 11.5 Å². The third-order valence-corrected chi connectivity index (χ3v) is 6.94.